The van der Waals surface area contributed by atoms with Gasteiger partial charge in [0.25, 0.3) is 0 Å². The van der Waals surface area contributed by atoms with Crippen LogP contribution in [0.1, 0.15) is 38.3 Å². The lowest BCUT2D eigenvalue weighted by molar-refractivity contribution is 0.145. The molecular weight excluding hydrogens is 243 g/mol. The third-order valence-electron chi connectivity index (χ3n) is 3.78. The molecule has 0 amide bonds. The molecule has 0 bridgehead atoms. The van der Waals surface area contributed by atoms with Crippen LogP contribution in [0.15, 0.2) is 18.2 Å². The summed E-state index contributed by atoms with van der Waals surface area (Å²) in [6.07, 6.45) is 1.19. The molecule has 1 aromatic carbocycles. The Morgan fingerprint density at radius 2 is 2.11 bits per heavy atom. The summed E-state index contributed by atoms with van der Waals surface area (Å²) in [4.78, 5) is 2.06. The van der Waals surface area contributed by atoms with E-state index in [0.29, 0.717) is 31.6 Å². The fourth-order valence-corrected chi connectivity index (χ4v) is 2.72. The summed E-state index contributed by atoms with van der Waals surface area (Å²) in [5.41, 5.74) is 1.70. The highest BCUT2D eigenvalue weighted by Gasteiger charge is 2.23. The molecule has 1 saturated heterocycles. The number of nitrogens with one attached hydrogen (secondary N) is 1. The molecular formula is C15H23FN2O. The summed E-state index contributed by atoms with van der Waals surface area (Å²) in [5.74, 6) is -0.168. The average molecular weight is 266 g/mol. The first-order valence-electron chi connectivity index (χ1n) is 7.08. The minimum absolute atomic E-state index is 0.127. The van der Waals surface area contributed by atoms with Crippen LogP contribution >= 0.6 is 0 Å². The molecule has 1 atom stereocenters. The van der Waals surface area contributed by atoms with Crippen LogP contribution in [0.5, 0.6) is 0 Å². The molecule has 106 valence electrons. The predicted octanol–water partition coefficient (Wildman–Crippen LogP) is 2.46. The molecule has 1 aliphatic rings. The second-order valence-corrected chi connectivity index (χ2v) is 5.18. The van der Waals surface area contributed by atoms with Crippen LogP contribution in [0.3, 0.4) is 0 Å². The van der Waals surface area contributed by atoms with Crippen LogP contribution in [0.25, 0.3) is 0 Å². The minimum Gasteiger partial charge on any atom is -0.393 e. The van der Waals surface area contributed by atoms with Crippen LogP contribution < -0.4 is 10.2 Å². The Hall–Kier alpha value is -1.13. The molecule has 2 N–H and O–H groups in total. The van der Waals surface area contributed by atoms with Crippen molar-refractivity contribution < 1.29 is 9.50 Å². The van der Waals surface area contributed by atoms with Crippen LogP contribution in [-0.4, -0.2) is 30.8 Å². The van der Waals surface area contributed by atoms with Gasteiger partial charge in [-0.05, 0) is 37.9 Å². The van der Waals surface area contributed by atoms with Crippen molar-refractivity contribution in [2.75, 3.05) is 24.5 Å². The molecule has 19 heavy (non-hydrogen) atoms. The molecule has 3 nitrogen and oxygen atoms in total. The van der Waals surface area contributed by atoms with Gasteiger partial charge in [-0.25, -0.2) is 4.39 Å². The van der Waals surface area contributed by atoms with E-state index < -0.39 is 0 Å². The number of benzene rings is 1. The van der Waals surface area contributed by atoms with Crippen molar-refractivity contribution in [3.8, 4) is 0 Å². The largest absolute Gasteiger partial charge is 0.393 e. The lowest BCUT2D eigenvalue weighted by atomic mass is 10.0. The van der Waals surface area contributed by atoms with E-state index >= 15 is 0 Å². The molecule has 2 rings (SSSR count). The zero-order chi connectivity index (χ0) is 13.8. The third kappa shape index (κ3) is 3.25. The van der Waals surface area contributed by atoms with Crippen molar-refractivity contribution in [3.63, 3.8) is 0 Å². The first-order chi connectivity index (χ1) is 9.13. The Morgan fingerprint density at radius 1 is 1.42 bits per heavy atom. The van der Waals surface area contributed by atoms with Crippen molar-refractivity contribution in [2.24, 2.45) is 0 Å². The SMILES string of the molecule is CCNC(C)c1cccc(F)c1N1CCC(O)CC1. The zero-order valence-electron chi connectivity index (χ0n) is 11.7. The van der Waals surface area contributed by atoms with Gasteiger partial charge in [0, 0.05) is 19.1 Å². The number of halogens is 1. The Kier molecular flexibility index (Phi) is 4.77. The maximum atomic E-state index is 14.2. The standard InChI is InChI=1S/C15H23FN2O/c1-3-17-11(2)13-5-4-6-14(16)15(13)18-9-7-12(19)8-10-18/h4-6,11-12,17,19H,3,7-10H2,1-2H3. The summed E-state index contributed by atoms with van der Waals surface area (Å²) in [5, 5.41) is 12.9. The number of para-hydroxylation sites is 1. The number of nitrogens with zero attached hydrogens (tertiary/aromatic N) is 1. The molecule has 1 aliphatic heterocycles. The average Bonchev–Trinajstić information content (AvgIpc) is 2.40. The summed E-state index contributed by atoms with van der Waals surface area (Å²) in [6, 6.07) is 5.39. The second-order valence-electron chi connectivity index (χ2n) is 5.18. The molecule has 0 saturated carbocycles. The number of aliphatic hydroxyl groups is 1. The fourth-order valence-electron chi connectivity index (χ4n) is 2.72. The summed E-state index contributed by atoms with van der Waals surface area (Å²) >= 11 is 0. The van der Waals surface area contributed by atoms with E-state index in [1.807, 2.05) is 13.0 Å². The van der Waals surface area contributed by atoms with Crippen molar-refractivity contribution in [1.29, 1.82) is 0 Å². The first-order valence-corrected chi connectivity index (χ1v) is 7.08. The van der Waals surface area contributed by atoms with Crippen LogP contribution in [-0.2, 0) is 0 Å². The highest BCUT2D eigenvalue weighted by atomic mass is 19.1. The Labute approximate surface area is 114 Å². The van der Waals surface area contributed by atoms with Crippen LogP contribution in [0.4, 0.5) is 10.1 Å². The zero-order valence-corrected chi connectivity index (χ0v) is 11.7. The number of hydrogen-bond acceptors (Lipinski definition) is 3. The van der Waals surface area contributed by atoms with E-state index in [1.54, 1.807) is 6.07 Å². The van der Waals surface area contributed by atoms with E-state index in [2.05, 4.69) is 17.1 Å². The molecule has 0 aliphatic carbocycles. The molecule has 4 heteroatoms. The van der Waals surface area contributed by atoms with Gasteiger partial charge in [0.05, 0.1) is 11.8 Å². The highest BCUT2D eigenvalue weighted by Crippen LogP contribution is 2.31. The monoisotopic (exact) mass is 266 g/mol. The maximum absolute atomic E-state index is 14.2. The van der Waals surface area contributed by atoms with Crippen molar-refractivity contribution >= 4 is 5.69 Å². The molecule has 0 aromatic heterocycles. The quantitative estimate of drug-likeness (QED) is 0.878. The van der Waals surface area contributed by atoms with E-state index in [0.717, 1.165) is 12.1 Å². The van der Waals surface area contributed by atoms with E-state index in [9.17, 15) is 9.50 Å². The molecule has 0 radical (unpaired) electrons. The van der Waals surface area contributed by atoms with Gasteiger partial charge in [0.1, 0.15) is 5.82 Å². The van der Waals surface area contributed by atoms with E-state index in [-0.39, 0.29) is 18.0 Å². The molecule has 1 heterocycles. The molecule has 1 aromatic rings. The van der Waals surface area contributed by atoms with E-state index in [4.69, 9.17) is 0 Å². The fraction of sp³-hybridized carbons (Fsp3) is 0.600. The van der Waals surface area contributed by atoms with Crippen molar-refractivity contribution in [2.45, 2.75) is 38.8 Å². The summed E-state index contributed by atoms with van der Waals surface area (Å²) in [7, 11) is 0. The Bertz CT molecular complexity index is 417. The van der Waals surface area contributed by atoms with Gasteiger partial charge in [-0.1, -0.05) is 19.1 Å². The summed E-state index contributed by atoms with van der Waals surface area (Å²) < 4.78 is 14.2. The maximum Gasteiger partial charge on any atom is 0.146 e. The smallest absolute Gasteiger partial charge is 0.146 e. The number of hydrogen-bond donors (Lipinski definition) is 2. The van der Waals surface area contributed by atoms with Gasteiger partial charge in [0.15, 0.2) is 0 Å². The molecule has 0 spiro atoms. The minimum atomic E-state index is -0.238. The number of piperidine rings is 1. The lowest BCUT2D eigenvalue weighted by Gasteiger charge is -2.34. The number of aliphatic hydroxyl groups excluding tert-OH is 1. The van der Waals surface area contributed by atoms with Crippen molar-refractivity contribution in [1.82, 2.24) is 5.32 Å². The van der Waals surface area contributed by atoms with Crippen molar-refractivity contribution in [3.05, 3.63) is 29.6 Å². The van der Waals surface area contributed by atoms with Gasteiger partial charge in [0.2, 0.25) is 0 Å². The van der Waals surface area contributed by atoms with E-state index in [1.165, 1.54) is 6.07 Å². The van der Waals surface area contributed by atoms with Gasteiger partial charge < -0.3 is 15.3 Å². The van der Waals surface area contributed by atoms with Gasteiger partial charge >= 0.3 is 0 Å². The highest BCUT2D eigenvalue weighted by molar-refractivity contribution is 5.56. The first kappa shape index (κ1) is 14.3. The van der Waals surface area contributed by atoms with Crippen LogP contribution in [0.2, 0.25) is 0 Å². The Morgan fingerprint density at radius 3 is 2.74 bits per heavy atom. The number of rotatable bonds is 4. The topological polar surface area (TPSA) is 35.5 Å². The van der Waals surface area contributed by atoms with Gasteiger partial charge in [-0.2, -0.15) is 0 Å². The lowest BCUT2D eigenvalue weighted by Crippen LogP contribution is -2.37. The normalized spacial score (nSPS) is 18.6. The summed E-state index contributed by atoms with van der Waals surface area (Å²) in [6.45, 7) is 6.39. The third-order valence-corrected chi connectivity index (χ3v) is 3.78. The predicted molar refractivity (Wildman–Crippen MR) is 75.9 cm³/mol. The molecule has 1 unspecified atom stereocenters. The number of anilines is 1. The molecule has 1 fully saturated rings. The van der Waals surface area contributed by atoms with Crippen LogP contribution in [0, 0.1) is 5.82 Å². The van der Waals surface area contributed by atoms with Gasteiger partial charge in [-0.15, -0.1) is 0 Å². The Balaban J connectivity index is 2.27. The van der Waals surface area contributed by atoms with Gasteiger partial charge in [-0.3, -0.25) is 0 Å². The second kappa shape index (κ2) is 6.35.